The Labute approximate surface area is 413 Å². The van der Waals surface area contributed by atoms with Gasteiger partial charge in [-0.1, -0.05) is 100 Å². The van der Waals surface area contributed by atoms with E-state index in [-0.39, 0.29) is 34.5 Å². The lowest BCUT2D eigenvalue weighted by Crippen LogP contribution is -2.31. The number of amides is 2. The number of hydrogen-bond donors (Lipinski definition) is 0. The van der Waals surface area contributed by atoms with Gasteiger partial charge in [-0.05, 0) is 60.6 Å². The average molecular weight is 1270 g/mol. The van der Waals surface area contributed by atoms with Crippen LogP contribution in [-0.2, 0) is 9.59 Å². The molecule has 2 aromatic rings. The van der Waals surface area contributed by atoms with Gasteiger partial charge in [0.1, 0.15) is 6.04 Å². The number of halogens is 39. The minimum atomic E-state index is -0.564. The lowest BCUT2D eigenvalue weighted by molar-refractivity contribution is -0.133. The van der Waals surface area contributed by atoms with Crippen molar-refractivity contribution in [3.05, 3.63) is 82.2 Å². The molecule has 0 radical (unpaired) electrons. The Hall–Kier alpha value is -6.04. The van der Waals surface area contributed by atoms with Crippen LogP contribution in [-0.4, -0.2) is 40.7 Å². The predicted octanol–water partition coefficient (Wildman–Crippen LogP) is 23.5. The van der Waals surface area contributed by atoms with Crippen molar-refractivity contribution in [3.63, 3.8) is 0 Å². The second-order valence-electron chi connectivity index (χ2n) is 11.6. The molecule has 2 saturated heterocycles. The lowest BCUT2D eigenvalue weighted by Gasteiger charge is -2.25. The summed E-state index contributed by atoms with van der Waals surface area (Å²) in [6.45, 7) is 16.4. The summed E-state index contributed by atoms with van der Waals surface area (Å²) in [6.07, 6.45) is 0.958. The van der Waals surface area contributed by atoms with Crippen molar-refractivity contribution in [2.45, 2.75) is 73.0 Å². The van der Waals surface area contributed by atoms with E-state index in [0.717, 1.165) is 18.5 Å². The molecule has 2 aromatic carbocycles. The van der Waals surface area contributed by atoms with Gasteiger partial charge in [-0.3, -0.25) is 14.3 Å². The van der Waals surface area contributed by atoms with E-state index >= 15 is 0 Å². The molecule has 0 bridgehead atoms. The van der Waals surface area contributed by atoms with Crippen LogP contribution >= 0.6 is 0 Å². The van der Waals surface area contributed by atoms with E-state index in [4.69, 9.17) is 179 Å². The van der Waals surface area contributed by atoms with Crippen LogP contribution in [0.15, 0.2) is 65.8 Å². The van der Waals surface area contributed by atoms with Crippen LogP contribution in [0, 0.1) is 29.6 Å². The predicted molar refractivity (Wildman–Crippen MR) is 201 cm³/mol. The maximum absolute atomic E-state index is 12.6. The fourth-order valence-electron chi connectivity index (χ4n) is 6.05. The van der Waals surface area contributed by atoms with Gasteiger partial charge in [0.25, 0.3) is 0 Å². The molecule has 4 rings (SSSR count). The highest BCUT2D eigenvalue weighted by molar-refractivity contribution is 5.85. The zero-order valence-electron chi connectivity index (χ0n) is 39.3. The minimum absolute atomic E-state index is 0. The summed E-state index contributed by atoms with van der Waals surface area (Å²) in [7, 11) is 0. The van der Waals surface area contributed by atoms with Crippen molar-refractivity contribution < 1.29 is 188 Å². The number of nitrogens with zero attached hydrogens (tertiary/aromatic N) is 5. The van der Waals surface area contributed by atoms with Crippen LogP contribution in [0.1, 0.15) is 78.1 Å². The molecule has 0 aliphatic carbocycles. The van der Waals surface area contributed by atoms with Gasteiger partial charge in [-0.15, -0.1) is 0 Å². The summed E-state index contributed by atoms with van der Waals surface area (Å²) in [6, 6.07) is 19.9. The molecule has 484 valence electrons. The molecular formula is C32H46F39N5O2. The number of azide groups is 1. The summed E-state index contributed by atoms with van der Waals surface area (Å²) >= 11 is 0. The molecule has 2 heterocycles. The third-order valence-electron chi connectivity index (χ3n) is 8.70. The van der Waals surface area contributed by atoms with Gasteiger partial charge >= 0.3 is 0 Å². The summed E-state index contributed by atoms with van der Waals surface area (Å²) in [5, 5.41) is 3.72. The van der Waals surface area contributed by atoms with Crippen LogP contribution in [0.5, 0.6) is 0 Å². The number of rotatable bonds is 8. The zero-order valence-corrected chi connectivity index (χ0v) is 39.3. The second-order valence-corrected chi connectivity index (χ2v) is 11.6. The quantitative estimate of drug-likeness (QED) is 0.114. The van der Waals surface area contributed by atoms with E-state index in [2.05, 4.69) is 68.6 Å². The Kier molecular flexibility index (Phi) is 213. The first kappa shape index (κ1) is 124. The van der Waals surface area contributed by atoms with Crippen molar-refractivity contribution >= 4 is 11.8 Å². The highest BCUT2D eigenvalue weighted by Crippen LogP contribution is 2.37. The van der Waals surface area contributed by atoms with Crippen molar-refractivity contribution in [3.8, 4) is 0 Å². The fraction of sp³-hybridized carbons (Fsp3) is 0.562. The third kappa shape index (κ3) is 66.1. The number of carbonyl (C=O) groups is 2. The SMILES string of the molecule is CC(C)[C@H]1CN([C@H](C)c2ccccc2)C(=O)[C@H]1N=[N+]=[N-].CC[C@@H]1C(=O)N([C@H](C)c2ccccc2)C[C@@H]1C(C)C.F.FF.FF.FF.FF.FF.FF.FF.FF.FF.FF.FF.FF.FF.FF.FF.FF.FF.FF.FF. The van der Waals surface area contributed by atoms with Crippen molar-refractivity contribution in [2.24, 2.45) is 34.7 Å². The molecule has 6 atom stereocenters. The Morgan fingerprint density at radius 1 is 0.423 bits per heavy atom. The van der Waals surface area contributed by atoms with Crippen molar-refractivity contribution in [2.75, 3.05) is 13.1 Å². The monoisotopic (exact) mass is 1270 g/mol. The summed E-state index contributed by atoms with van der Waals surface area (Å²) in [5.41, 5.74) is 11.0. The largest absolute Gasteiger partial charge is 0.335 e. The Bertz CT molecular complexity index is 1210. The Balaban J connectivity index is -0.0000000357. The van der Waals surface area contributed by atoms with Crippen molar-refractivity contribution in [1.82, 2.24) is 9.80 Å². The second kappa shape index (κ2) is 134. The first-order chi connectivity index (χ1) is 37.6. The van der Waals surface area contributed by atoms with E-state index < -0.39 is 6.04 Å². The van der Waals surface area contributed by atoms with Gasteiger partial charge in [-0.25, -0.2) is 0 Å². The molecule has 2 aliphatic heterocycles. The molecule has 0 aromatic heterocycles. The fourth-order valence-corrected chi connectivity index (χ4v) is 6.05. The highest BCUT2D eigenvalue weighted by Gasteiger charge is 2.44. The van der Waals surface area contributed by atoms with Crippen LogP contribution in [0.25, 0.3) is 10.4 Å². The third-order valence-corrected chi connectivity index (χ3v) is 8.70. The van der Waals surface area contributed by atoms with E-state index in [1.54, 1.807) is 0 Å². The van der Waals surface area contributed by atoms with Crippen LogP contribution < -0.4 is 0 Å². The standard InChI is InChI=1S/C17H25NO.C15H20N4O.19F2.FH/c1-5-15-16(12(2)3)11-18(17(15)19)13(4)14-9-7-6-8-10-14;1-10(2)13-9-19(15(20)14(13)17-18-16)11(3)12-7-5-4-6-8-12;19*1-2;/h6-10,12-13,15-16H,5,11H2,1-4H3;4-8,10-11,13-14H,9H2,1-3H3;;;;;;;;;;;;;;;;;;;;1H/t13-,15+,16-;11-,13-,14+;;;;;;;;;;;;;;;;;;;;/m11..................../s1. The van der Waals surface area contributed by atoms with Gasteiger partial charge in [0, 0.05) is 198 Å². The first-order valence-corrected chi connectivity index (χ1v) is 17.1. The molecule has 7 nitrogen and oxygen atoms in total. The summed E-state index contributed by atoms with van der Waals surface area (Å²) in [4.78, 5) is 31.8. The molecule has 0 saturated carbocycles. The minimum Gasteiger partial charge on any atom is -0.335 e. The molecule has 0 N–H and O–H groups in total. The molecule has 2 amide bonds. The van der Waals surface area contributed by atoms with Gasteiger partial charge in [0.05, 0.1) is 12.1 Å². The molecule has 0 unspecified atom stereocenters. The van der Waals surface area contributed by atoms with Crippen LogP contribution in [0.3, 0.4) is 0 Å². The number of carbonyl (C=O) groups excluding carboxylic acids is 2. The number of likely N-dealkylation sites (tertiary alicyclic amines) is 2. The molecule has 2 fully saturated rings. The van der Waals surface area contributed by atoms with Gasteiger partial charge in [0.15, 0.2) is 0 Å². The average Bonchev–Trinajstić information content (AvgIpc) is 4.09. The molecule has 0 spiro atoms. The highest BCUT2D eigenvalue weighted by atomic mass is 20.0. The normalized spacial score (nSPS) is 13.7. The van der Waals surface area contributed by atoms with E-state index in [0.29, 0.717) is 30.2 Å². The van der Waals surface area contributed by atoms with Gasteiger partial charge in [0.2, 0.25) is 11.8 Å². The molecular weight excluding hydrogens is 1230 g/mol. The van der Waals surface area contributed by atoms with Gasteiger partial charge < -0.3 is 9.80 Å². The van der Waals surface area contributed by atoms with Crippen LogP contribution in [0.2, 0.25) is 0 Å². The maximum atomic E-state index is 12.6. The van der Waals surface area contributed by atoms with E-state index in [9.17, 15) is 9.59 Å². The van der Waals surface area contributed by atoms with Gasteiger partial charge in [-0.2, -0.15) is 0 Å². The number of hydrogen-bond acceptors (Lipinski definition) is 3. The lowest BCUT2D eigenvalue weighted by atomic mass is 9.84. The van der Waals surface area contributed by atoms with Crippen LogP contribution in [0.4, 0.5) is 179 Å². The molecule has 46 heteroatoms. The number of benzene rings is 2. The van der Waals surface area contributed by atoms with E-state index in [1.165, 1.54) is 5.56 Å². The van der Waals surface area contributed by atoms with E-state index in [1.807, 2.05) is 60.4 Å². The smallest absolute Gasteiger partial charge is 0.232 e. The zero-order chi connectivity index (χ0) is 66.7. The first-order valence-electron chi connectivity index (χ1n) is 17.1. The summed E-state index contributed by atoms with van der Waals surface area (Å²) in [5.74, 6) is 1.97. The topological polar surface area (TPSA) is 89.4 Å². The molecule has 2 aliphatic rings. The maximum Gasteiger partial charge on any atom is 0.232 e. The summed E-state index contributed by atoms with van der Waals surface area (Å²) < 4.78 is 304. The van der Waals surface area contributed by atoms with Crippen molar-refractivity contribution in [1.29, 1.82) is 0 Å². The Morgan fingerprint density at radius 2 is 0.641 bits per heavy atom. The Morgan fingerprint density at radius 3 is 0.833 bits per heavy atom. The molecule has 78 heavy (non-hydrogen) atoms.